The predicted molar refractivity (Wildman–Crippen MR) is 71.6 cm³/mol. The van der Waals surface area contributed by atoms with E-state index in [1.807, 2.05) is 6.07 Å². The van der Waals surface area contributed by atoms with Crippen LogP contribution in [0.3, 0.4) is 0 Å². The molecule has 6 heteroatoms. The predicted octanol–water partition coefficient (Wildman–Crippen LogP) is 2.42. The van der Waals surface area contributed by atoms with Crippen LogP contribution in [0.5, 0.6) is 17.2 Å². The molecular formula is C12H14N2O3S. The third-order valence-electron chi connectivity index (χ3n) is 2.46. The fraction of sp³-hybridized carbons (Fsp3) is 0.250. The number of hydrogen-bond acceptors (Lipinski definition) is 6. The van der Waals surface area contributed by atoms with Crippen molar-refractivity contribution in [1.82, 2.24) is 4.98 Å². The summed E-state index contributed by atoms with van der Waals surface area (Å²) in [6.45, 7) is 0. The topological polar surface area (TPSA) is 66.6 Å². The summed E-state index contributed by atoms with van der Waals surface area (Å²) in [7, 11) is 4.77. The normalized spacial score (nSPS) is 10.2. The molecule has 2 N–H and O–H groups in total. The second-order valence-electron chi connectivity index (χ2n) is 3.48. The van der Waals surface area contributed by atoms with E-state index >= 15 is 0 Å². The molecule has 0 aliphatic carbocycles. The number of nitrogens with zero attached hydrogens (tertiary/aromatic N) is 1. The average molecular weight is 266 g/mol. The van der Waals surface area contributed by atoms with E-state index in [-0.39, 0.29) is 0 Å². The van der Waals surface area contributed by atoms with Crippen molar-refractivity contribution in [2.75, 3.05) is 27.1 Å². The average Bonchev–Trinajstić information content (AvgIpc) is 2.83. The van der Waals surface area contributed by atoms with E-state index in [1.165, 1.54) is 11.3 Å². The van der Waals surface area contributed by atoms with E-state index in [1.54, 1.807) is 32.8 Å². The van der Waals surface area contributed by atoms with Gasteiger partial charge in [0.1, 0.15) is 16.6 Å². The van der Waals surface area contributed by atoms with Gasteiger partial charge in [-0.25, -0.2) is 4.98 Å². The standard InChI is InChI=1S/C12H14N2O3S/c1-15-8-5-10(17-3)9(16-2)4-7(8)12-14-11(13)6-18-12/h4-6H,13H2,1-3H3. The van der Waals surface area contributed by atoms with E-state index in [2.05, 4.69) is 4.98 Å². The number of aromatic nitrogens is 1. The molecule has 0 spiro atoms. The van der Waals surface area contributed by atoms with Gasteiger partial charge in [-0.3, -0.25) is 0 Å². The maximum absolute atomic E-state index is 5.64. The fourth-order valence-electron chi connectivity index (χ4n) is 1.61. The molecular weight excluding hydrogens is 252 g/mol. The molecule has 18 heavy (non-hydrogen) atoms. The monoisotopic (exact) mass is 266 g/mol. The van der Waals surface area contributed by atoms with Crippen molar-refractivity contribution >= 4 is 17.2 Å². The second kappa shape index (κ2) is 5.14. The molecule has 0 fully saturated rings. The number of methoxy groups -OCH3 is 3. The van der Waals surface area contributed by atoms with Crippen molar-refractivity contribution < 1.29 is 14.2 Å². The lowest BCUT2D eigenvalue weighted by Crippen LogP contribution is -1.95. The van der Waals surface area contributed by atoms with E-state index in [0.717, 1.165) is 10.6 Å². The first-order valence-electron chi connectivity index (χ1n) is 5.21. The molecule has 0 aliphatic heterocycles. The molecule has 1 heterocycles. The molecule has 5 nitrogen and oxygen atoms in total. The number of nitrogen functional groups attached to an aromatic ring is 1. The van der Waals surface area contributed by atoms with Crippen LogP contribution in [0.15, 0.2) is 17.5 Å². The van der Waals surface area contributed by atoms with E-state index in [4.69, 9.17) is 19.9 Å². The van der Waals surface area contributed by atoms with Crippen molar-refractivity contribution in [2.24, 2.45) is 0 Å². The van der Waals surface area contributed by atoms with Crippen LogP contribution < -0.4 is 19.9 Å². The van der Waals surface area contributed by atoms with Gasteiger partial charge in [0.25, 0.3) is 0 Å². The van der Waals surface area contributed by atoms with E-state index < -0.39 is 0 Å². The SMILES string of the molecule is COc1cc(OC)c(-c2nc(N)cs2)cc1OC. The lowest BCUT2D eigenvalue weighted by atomic mass is 10.2. The molecule has 96 valence electrons. The largest absolute Gasteiger partial charge is 0.496 e. The van der Waals surface area contributed by atoms with Gasteiger partial charge < -0.3 is 19.9 Å². The Morgan fingerprint density at radius 2 is 1.61 bits per heavy atom. The summed E-state index contributed by atoms with van der Waals surface area (Å²) in [4.78, 5) is 4.24. The molecule has 0 bridgehead atoms. The van der Waals surface area contributed by atoms with Gasteiger partial charge in [-0.15, -0.1) is 11.3 Å². The molecule has 0 saturated carbocycles. The Kier molecular flexibility index (Phi) is 3.57. The summed E-state index contributed by atoms with van der Waals surface area (Å²) >= 11 is 1.45. The fourth-order valence-corrected chi connectivity index (χ4v) is 2.34. The highest BCUT2D eigenvalue weighted by molar-refractivity contribution is 7.13. The van der Waals surface area contributed by atoms with Gasteiger partial charge >= 0.3 is 0 Å². The van der Waals surface area contributed by atoms with Gasteiger partial charge in [-0.2, -0.15) is 0 Å². The van der Waals surface area contributed by atoms with Crippen molar-refractivity contribution in [3.8, 4) is 27.8 Å². The summed E-state index contributed by atoms with van der Waals surface area (Å²) in [5.41, 5.74) is 6.47. The highest BCUT2D eigenvalue weighted by Gasteiger charge is 2.15. The zero-order chi connectivity index (χ0) is 13.1. The minimum absolute atomic E-state index is 0.492. The van der Waals surface area contributed by atoms with Crippen LogP contribution >= 0.6 is 11.3 Å². The van der Waals surface area contributed by atoms with Crippen molar-refractivity contribution in [1.29, 1.82) is 0 Å². The number of hydrogen-bond donors (Lipinski definition) is 1. The second-order valence-corrected chi connectivity index (χ2v) is 4.34. The summed E-state index contributed by atoms with van der Waals surface area (Å²) < 4.78 is 15.8. The van der Waals surface area contributed by atoms with Gasteiger partial charge in [0.2, 0.25) is 0 Å². The molecule has 0 unspecified atom stereocenters. The summed E-state index contributed by atoms with van der Waals surface area (Å²) in [6.07, 6.45) is 0. The van der Waals surface area contributed by atoms with Crippen LogP contribution in [0.4, 0.5) is 5.82 Å². The molecule has 0 amide bonds. The number of nitrogens with two attached hydrogens (primary N) is 1. The molecule has 0 aliphatic rings. The number of benzene rings is 1. The van der Waals surface area contributed by atoms with Gasteiger partial charge in [0.15, 0.2) is 11.5 Å². The van der Waals surface area contributed by atoms with Gasteiger partial charge in [0.05, 0.1) is 26.9 Å². The Bertz CT molecular complexity index is 554. The Morgan fingerprint density at radius 3 is 2.11 bits per heavy atom. The Morgan fingerprint density at radius 1 is 1.00 bits per heavy atom. The van der Waals surface area contributed by atoms with Crippen LogP contribution in [-0.2, 0) is 0 Å². The number of rotatable bonds is 4. The third kappa shape index (κ3) is 2.19. The van der Waals surface area contributed by atoms with E-state index in [9.17, 15) is 0 Å². The van der Waals surface area contributed by atoms with Crippen LogP contribution in [-0.4, -0.2) is 26.3 Å². The highest BCUT2D eigenvalue weighted by Crippen LogP contribution is 2.41. The first-order valence-corrected chi connectivity index (χ1v) is 6.09. The molecule has 2 rings (SSSR count). The quantitative estimate of drug-likeness (QED) is 0.920. The van der Waals surface area contributed by atoms with Crippen LogP contribution in [0, 0.1) is 0 Å². The summed E-state index contributed by atoms with van der Waals surface area (Å²) in [6, 6.07) is 3.60. The van der Waals surface area contributed by atoms with Gasteiger partial charge in [-0.05, 0) is 6.07 Å². The first-order chi connectivity index (χ1) is 8.69. The summed E-state index contributed by atoms with van der Waals surface area (Å²) in [5.74, 6) is 2.40. The van der Waals surface area contributed by atoms with Gasteiger partial charge in [0, 0.05) is 11.4 Å². The van der Waals surface area contributed by atoms with Crippen LogP contribution in [0.2, 0.25) is 0 Å². The molecule has 2 aromatic rings. The minimum atomic E-state index is 0.492. The molecule has 1 aromatic heterocycles. The van der Waals surface area contributed by atoms with Crippen molar-refractivity contribution in [3.05, 3.63) is 17.5 Å². The molecule has 0 atom stereocenters. The first kappa shape index (κ1) is 12.5. The number of anilines is 1. The molecule has 0 saturated heterocycles. The Labute approximate surface area is 109 Å². The Hall–Kier alpha value is -1.95. The van der Waals surface area contributed by atoms with Crippen LogP contribution in [0.25, 0.3) is 10.6 Å². The lowest BCUT2D eigenvalue weighted by Gasteiger charge is -2.12. The zero-order valence-corrected chi connectivity index (χ0v) is 11.2. The van der Waals surface area contributed by atoms with Gasteiger partial charge in [-0.1, -0.05) is 0 Å². The minimum Gasteiger partial charge on any atom is -0.496 e. The number of ether oxygens (including phenoxy) is 3. The third-order valence-corrected chi connectivity index (χ3v) is 3.35. The van der Waals surface area contributed by atoms with E-state index in [0.29, 0.717) is 23.1 Å². The van der Waals surface area contributed by atoms with Crippen LogP contribution in [0.1, 0.15) is 0 Å². The van der Waals surface area contributed by atoms with Crippen molar-refractivity contribution in [3.63, 3.8) is 0 Å². The lowest BCUT2D eigenvalue weighted by molar-refractivity contribution is 0.349. The molecule has 0 radical (unpaired) electrons. The maximum atomic E-state index is 5.64. The molecule has 1 aromatic carbocycles. The van der Waals surface area contributed by atoms with Crippen molar-refractivity contribution in [2.45, 2.75) is 0 Å². The summed E-state index contributed by atoms with van der Waals surface area (Å²) in [5, 5.41) is 2.57. The smallest absolute Gasteiger partial charge is 0.164 e. The highest BCUT2D eigenvalue weighted by atomic mass is 32.1. The Balaban J connectivity index is 2.58. The maximum Gasteiger partial charge on any atom is 0.164 e. The number of thiazole rings is 1. The zero-order valence-electron chi connectivity index (χ0n) is 10.4.